The van der Waals surface area contributed by atoms with E-state index in [0.717, 1.165) is 11.5 Å². The molecule has 1 unspecified atom stereocenters. The highest BCUT2D eigenvalue weighted by Crippen LogP contribution is 2.35. The number of benzene rings is 1. The lowest BCUT2D eigenvalue weighted by molar-refractivity contribution is 0.0727. The normalized spacial score (nSPS) is 16.9. The summed E-state index contributed by atoms with van der Waals surface area (Å²) < 4.78 is 0. The van der Waals surface area contributed by atoms with Crippen LogP contribution in [0, 0.1) is 12.8 Å². The summed E-state index contributed by atoms with van der Waals surface area (Å²) in [6, 6.07) is 8.17. The van der Waals surface area contributed by atoms with Crippen LogP contribution in [0.2, 0.25) is 0 Å². The summed E-state index contributed by atoms with van der Waals surface area (Å²) >= 11 is 0. The van der Waals surface area contributed by atoms with Crippen LogP contribution in [0.15, 0.2) is 24.3 Å². The third-order valence-corrected chi connectivity index (χ3v) is 3.53. The van der Waals surface area contributed by atoms with Crippen LogP contribution < -0.4 is 0 Å². The number of hydrogen-bond donors (Lipinski definition) is 0. The van der Waals surface area contributed by atoms with Gasteiger partial charge in [0, 0.05) is 18.7 Å². The Labute approximate surface area is 97.3 Å². The van der Waals surface area contributed by atoms with Gasteiger partial charge in [0.2, 0.25) is 0 Å². The lowest BCUT2D eigenvalue weighted by Gasteiger charge is -2.25. The second-order valence-corrected chi connectivity index (χ2v) is 4.86. The summed E-state index contributed by atoms with van der Waals surface area (Å²) in [4.78, 5) is 14.0. The number of aryl methyl sites for hydroxylation is 1. The van der Waals surface area contributed by atoms with Crippen molar-refractivity contribution in [3.8, 4) is 0 Å². The van der Waals surface area contributed by atoms with Gasteiger partial charge in [0.1, 0.15) is 0 Å². The van der Waals surface area contributed by atoms with Gasteiger partial charge in [-0.25, -0.2) is 0 Å². The number of nitrogens with zero attached hydrogens (tertiary/aromatic N) is 1. The van der Waals surface area contributed by atoms with Crippen molar-refractivity contribution in [3.05, 3.63) is 35.4 Å². The Morgan fingerprint density at radius 2 is 1.88 bits per heavy atom. The molecule has 2 nitrogen and oxygen atoms in total. The predicted molar refractivity (Wildman–Crippen MR) is 65.5 cm³/mol. The molecule has 0 aliphatic heterocycles. The van der Waals surface area contributed by atoms with Crippen LogP contribution in [-0.2, 0) is 0 Å². The first-order chi connectivity index (χ1) is 7.59. The second-order valence-electron chi connectivity index (χ2n) is 4.86. The molecule has 1 aromatic rings. The Morgan fingerprint density at radius 3 is 2.38 bits per heavy atom. The van der Waals surface area contributed by atoms with Crippen molar-refractivity contribution in [1.29, 1.82) is 0 Å². The number of hydrogen-bond acceptors (Lipinski definition) is 1. The first-order valence-electron chi connectivity index (χ1n) is 5.93. The highest BCUT2D eigenvalue weighted by atomic mass is 16.2. The lowest BCUT2D eigenvalue weighted by Crippen LogP contribution is -2.36. The van der Waals surface area contributed by atoms with E-state index >= 15 is 0 Å². The molecule has 0 heterocycles. The molecule has 0 spiro atoms. The van der Waals surface area contributed by atoms with Gasteiger partial charge in [0.15, 0.2) is 0 Å². The maximum Gasteiger partial charge on any atom is 0.253 e. The molecule has 0 saturated heterocycles. The summed E-state index contributed by atoms with van der Waals surface area (Å²) in [6.45, 7) is 4.18. The monoisotopic (exact) mass is 217 g/mol. The standard InChI is InChI=1S/C14H19NO/c1-10-4-6-13(7-5-10)14(16)15(3)11(2)12-8-9-12/h4-7,11-12H,8-9H2,1-3H3. The highest BCUT2D eigenvalue weighted by Gasteiger charge is 2.32. The minimum Gasteiger partial charge on any atom is -0.339 e. The van der Waals surface area contributed by atoms with Crippen LogP contribution in [0.4, 0.5) is 0 Å². The van der Waals surface area contributed by atoms with Crippen molar-refractivity contribution in [2.24, 2.45) is 5.92 Å². The molecular weight excluding hydrogens is 198 g/mol. The van der Waals surface area contributed by atoms with Crippen molar-refractivity contribution in [2.75, 3.05) is 7.05 Å². The van der Waals surface area contributed by atoms with E-state index in [-0.39, 0.29) is 5.91 Å². The molecule has 1 atom stereocenters. The molecule has 1 aliphatic carbocycles. The minimum atomic E-state index is 0.138. The Balaban J connectivity index is 2.08. The first kappa shape index (κ1) is 11.2. The SMILES string of the molecule is Cc1ccc(C(=O)N(C)C(C)C2CC2)cc1. The average Bonchev–Trinajstić information content (AvgIpc) is 3.11. The summed E-state index contributed by atoms with van der Waals surface area (Å²) in [5, 5.41) is 0. The van der Waals surface area contributed by atoms with Gasteiger partial charge in [0.25, 0.3) is 5.91 Å². The summed E-state index contributed by atoms with van der Waals surface area (Å²) in [7, 11) is 1.91. The summed E-state index contributed by atoms with van der Waals surface area (Å²) in [5.74, 6) is 0.860. The van der Waals surface area contributed by atoms with Crippen molar-refractivity contribution in [2.45, 2.75) is 32.7 Å². The third kappa shape index (κ3) is 2.26. The van der Waals surface area contributed by atoms with E-state index in [0.29, 0.717) is 6.04 Å². The zero-order valence-corrected chi connectivity index (χ0v) is 10.2. The van der Waals surface area contributed by atoms with E-state index in [4.69, 9.17) is 0 Å². The molecule has 0 radical (unpaired) electrons. The van der Waals surface area contributed by atoms with Gasteiger partial charge in [-0.1, -0.05) is 17.7 Å². The molecule has 2 heteroatoms. The van der Waals surface area contributed by atoms with E-state index in [1.165, 1.54) is 18.4 Å². The van der Waals surface area contributed by atoms with Gasteiger partial charge in [0.05, 0.1) is 0 Å². The van der Waals surface area contributed by atoms with Crippen LogP contribution in [-0.4, -0.2) is 23.9 Å². The largest absolute Gasteiger partial charge is 0.339 e. The highest BCUT2D eigenvalue weighted by molar-refractivity contribution is 5.94. The maximum atomic E-state index is 12.2. The molecule has 1 aromatic carbocycles. The van der Waals surface area contributed by atoms with Gasteiger partial charge in [-0.2, -0.15) is 0 Å². The van der Waals surface area contributed by atoms with E-state index in [2.05, 4.69) is 6.92 Å². The molecule has 1 amide bonds. The van der Waals surface area contributed by atoms with E-state index in [9.17, 15) is 4.79 Å². The fourth-order valence-electron chi connectivity index (χ4n) is 1.98. The molecule has 0 bridgehead atoms. The molecule has 1 fully saturated rings. The maximum absolute atomic E-state index is 12.2. The van der Waals surface area contributed by atoms with Crippen LogP contribution in [0.1, 0.15) is 35.7 Å². The Bertz CT molecular complexity index is 378. The smallest absolute Gasteiger partial charge is 0.253 e. The van der Waals surface area contributed by atoms with Crippen LogP contribution in [0.3, 0.4) is 0 Å². The molecule has 0 aromatic heterocycles. The fourth-order valence-corrected chi connectivity index (χ4v) is 1.98. The zero-order valence-electron chi connectivity index (χ0n) is 10.2. The van der Waals surface area contributed by atoms with E-state index < -0.39 is 0 Å². The van der Waals surface area contributed by atoms with Gasteiger partial charge in [-0.3, -0.25) is 4.79 Å². The van der Waals surface area contributed by atoms with Crippen molar-refractivity contribution in [3.63, 3.8) is 0 Å². The lowest BCUT2D eigenvalue weighted by atomic mass is 10.1. The average molecular weight is 217 g/mol. The van der Waals surface area contributed by atoms with Gasteiger partial charge in [-0.05, 0) is 44.7 Å². The van der Waals surface area contributed by atoms with Gasteiger partial charge < -0.3 is 4.90 Å². The number of amides is 1. The molecular formula is C14H19NO. The molecule has 1 aliphatic rings. The number of carbonyl (C=O) groups is 1. The zero-order chi connectivity index (χ0) is 11.7. The van der Waals surface area contributed by atoms with Gasteiger partial charge in [-0.15, -0.1) is 0 Å². The second kappa shape index (κ2) is 4.28. The van der Waals surface area contributed by atoms with Gasteiger partial charge >= 0.3 is 0 Å². The molecule has 2 rings (SSSR count). The Kier molecular flexibility index (Phi) is 2.99. The van der Waals surface area contributed by atoms with Crippen molar-refractivity contribution >= 4 is 5.91 Å². The summed E-state index contributed by atoms with van der Waals surface area (Å²) in [5.41, 5.74) is 1.98. The Morgan fingerprint density at radius 1 is 1.31 bits per heavy atom. The number of rotatable bonds is 3. The molecule has 86 valence electrons. The Hall–Kier alpha value is -1.31. The topological polar surface area (TPSA) is 20.3 Å². The molecule has 16 heavy (non-hydrogen) atoms. The minimum absolute atomic E-state index is 0.138. The quantitative estimate of drug-likeness (QED) is 0.762. The number of carbonyl (C=O) groups excluding carboxylic acids is 1. The molecule has 0 N–H and O–H groups in total. The van der Waals surface area contributed by atoms with E-state index in [1.807, 2.05) is 43.1 Å². The third-order valence-electron chi connectivity index (χ3n) is 3.53. The van der Waals surface area contributed by atoms with Crippen LogP contribution in [0.5, 0.6) is 0 Å². The van der Waals surface area contributed by atoms with Crippen molar-refractivity contribution < 1.29 is 4.79 Å². The van der Waals surface area contributed by atoms with E-state index in [1.54, 1.807) is 0 Å². The fraction of sp³-hybridized carbons (Fsp3) is 0.500. The first-order valence-corrected chi connectivity index (χ1v) is 5.93. The predicted octanol–water partition coefficient (Wildman–Crippen LogP) is 2.87. The van der Waals surface area contributed by atoms with Crippen LogP contribution in [0.25, 0.3) is 0 Å². The molecule has 1 saturated carbocycles. The summed E-state index contributed by atoms with van der Waals surface area (Å²) in [6.07, 6.45) is 2.54. The van der Waals surface area contributed by atoms with Crippen molar-refractivity contribution in [1.82, 2.24) is 4.90 Å². The van der Waals surface area contributed by atoms with Crippen LogP contribution >= 0.6 is 0 Å².